The van der Waals surface area contributed by atoms with Crippen molar-refractivity contribution in [3.05, 3.63) is 130 Å². The van der Waals surface area contributed by atoms with Crippen LogP contribution < -0.4 is 0 Å². The van der Waals surface area contributed by atoms with Crippen molar-refractivity contribution < 1.29 is 0 Å². The standard InChI is InChI=1S/C34H20Br2/c35-31-19-29-30(20-32(31)36)34(26-18-8-12-22-10-2-4-14-24(22)26)28-16-6-5-15-27(28)33(29)25-17-7-11-21-9-1-3-13-23(21)25/h1-20H. The Morgan fingerprint density at radius 2 is 0.694 bits per heavy atom. The molecular formula is C34H20Br2. The molecule has 36 heavy (non-hydrogen) atoms. The zero-order valence-corrected chi connectivity index (χ0v) is 22.5. The van der Waals surface area contributed by atoms with Crippen molar-refractivity contribution >= 4 is 74.9 Å². The third-order valence-electron chi connectivity index (χ3n) is 7.18. The lowest BCUT2D eigenvalue weighted by molar-refractivity contribution is 1.64. The van der Waals surface area contributed by atoms with Crippen molar-refractivity contribution in [2.45, 2.75) is 0 Å². The van der Waals surface area contributed by atoms with Gasteiger partial charge in [-0.15, -0.1) is 0 Å². The summed E-state index contributed by atoms with van der Waals surface area (Å²) in [5.41, 5.74) is 5.06. The molecule has 0 saturated carbocycles. The van der Waals surface area contributed by atoms with Gasteiger partial charge in [-0.3, -0.25) is 0 Å². The van der Waals surface area contributed by atoms with Crippen molar-refractivity contribution in [3.63, 3.8) is 0 Å². The zero-order valence-electron chi connectivity index (χ0n) is 19.3. The lowest BCUT2D eigenvalue weighted by atomic mass is 9.84. The summed E-state index contributed by atoms with van der Waals surface area (Å²) < 4.78 is 2.10. The highest BCUT2D eigenvalue weighted by Crippen LogP contribution is 2.48. The van der Waals surface area contributed by atoms with Crippen LogP contribution in [-0.4, -0.2) is 0 Å². The van der Waals surface area contributed by atoms with Gasteiger partial charge in [-0.05, 0) is 109 Å². The van der Waals surface area contributed by atoms with Crippen molar-refractivity contribution in [1.82, 2.24) is 0 Å². The molecule has 0 aliphatic rings. The van der Waals surface area contributed by atoms with Gasteiger partial charge < -0.3 is 0 Å². The molecule has 0 fully saturated rings. The maximum absolute atomic E-state index is 3.81. The van der Waals surface area contributed by atoms with E-state index in [0.717, 1.165) is 8.95 Å². The molecule has 7 aromatic rings. The summed E-state index contributed by atoms with van der Waals surface area (Å²) in [5, 5.41) is 10.0. The van der Waals surface area contributed by atoms with Crippen LogP contribution in [0.3, 0.4) is 0 Å². The van der Waals surface area contributed by atoms with Gasteiger partial charge in [0, 0.05) is 8.95 Å². The topological polar surface area (TPSA) is 0 Å². The van der Waals surface area contributed by atoms with Gasteiger partial charge in [0.1, 0.15) is 0 Å². The normalized spacial score (nSPS) is 11.6. The molecule has 0 aliphatic heterocycles. The average Bonchev–Trinajstić information content (AvgIpc) is 2.92. The van der Waals surface area contributed by atoms with Crippen LogP contribution >= 0.6 is 31.9 Å². The first-order valence-electron chi connectivity index (χ1n) is 12.0. The fourth-order valence-corrected chi connectivity index (χ4v) is 6.32. The van der Waals surface area contributed by atoms with Crippen LogP contribution in [0.5, 0.6) is 0 Å². The molecule has 0 heterocycles. The van der Waals surface area contributed by atoms with E-state index in [-0.39, 0.29) is 0 Å². The third-order valence-corrected chi connectivity index (χ3v) is 9.03. The Morgan fingerprint density at radius 3 is 1.14 bits per heavy atom. The average molecular weight is 588 g/mol. The maximum atomic E-state index is 3.81. The lowest BCUT2D eigenvalue weighted by Crippen LogP contribution is -1.93. The van der Waals surface area contributed by atoms with Gasteiger partial charge in [0.25, 0.3) is 0 Å². The van der Waals surface area contributed by atoms with Crippen LogP contribution in [0.2, 0.25) is 0 Å². The Kier molecular flexibility index (Phi) is 5.20. The fraction of sp³-hybridized carbons (Fsp3) is 0. The molecule has 170 valence electrons. The molecule has 0 atom stereocenters. The molecule has 0 aromatic heterocycles. The van der Waals surface area contributed by atoms with E-state index in [1.165, 1.54) is 65.3 Å². The number of halogens is 2. The van der Waals surface area contributed by atoms with Crippen LogP contribution in [0.4, 0.5) is 0 Å². The minimum atomic E-state index is 1.05. The monoisotopic (exact) mass is 586 g/mol. The number of benzene rings is 7. The van der Waals surface area contributed by atoms with E-state index in [1.807, 2.05) is 0 Å². The Bertz CT molecular complexity index is 1810. The number of hydrogen-bond donors (Lipinski definition) is 0. The molecule has 0 unspecified atom stereocenters. The second-order valence-electron chi connectivity index (χ2n) is 9.16. The second kappa shape index (κ2) is 8.58. The van der Waals surface area contributed by atoms with Gasteiger partial charge >= 0.3 is 0 Å². The summed E-state index contributed by atoms with van der Waals surface area (Å²) in [6.07, 6.45) is 0. The molecule has 0 nitrogen and oxygen atoms in total. The largest absolute Gasteiger partial charge is 0.0616 e. The van der Waals surface area contributed by atoms with E-state index >= 15 is 0 Å². The van der Waals surface area contributed by atoms with Gasteiger partial charge in [-0.1, -0.05) is 109 Å². The Balaban J connectivity index is 1.74. The van der Waals surface area contributed by atoms with Crippen LogP contribution in [0.1, 0.15) is 0 Å². The van der Waals surface area contributed by atoms with E-state index in [2.05, 4.69) is 153 Å². The summed E-state index contributed by atoms with van der Waals surface area (Å²) in [6.45, 7) is 0. The molecule has 7 rings (SSSR count). The quantitative estimate of drug-likeness (QED) is 0.176. The molecule has 0 aliphatic carbocycles. The van der Waals surface area contributed by atoms with Crippen LogP contribution in [0, 0.1) is 0 Å². The van der Waals surface area contributed by atoms with Gasteiger partial charge in [0.2, 0.25) is 0 Å². The van der Waals surface area contributed by atoms with Crippen molar-refractivity contribution in [3.8, 4) is 22.3 Å². The highest BCUT2D eigenvalue weighted by molar-refractivity contribution is 9.13. The predicted octanol–water partition coefficient (Wildman–Crippen LogP) is 11.2. The smallest absolute Gasteiger partial charge is 0.0324 e. The summed E-state index contributed by atoms with van der Waals surface area (Å²) in [5.74, 6) is 0. The molecule has 0 spiro atoms. The molecule has 0 saturated heterocycles. The van der Waals surface area contributed by atoms with Gasteiger partial charge in [-0.2, -0.15) is 0 Å². The summed E-state index contributed by atoms with van der Waals surface area (Å²) in [7, 11) is 0. The lowest BCUT2D eigenvalue weighted by Gasteiger charge is -2.20. The fourth-order valence-electron chi connectivity index (χ4n) is 5.64. The summed E-state index contributed by atoms with van der Waals surface area (Å²) in [6, 6.07) is 44.0. The summed E-state index contributed by atoms with van der Waals surface area (Å²) in [4.78, 5) is 0. The maximum Gasteiger partial charge on any atom is 0.0324 e. The molecule has 0 amide bonds. The molecule has 0 bridgehead atoms. The SMILES string of the molecule is Brc1cc2c(-c3cccc4ccccc34)c3ccccc3c(-c3cccc4ccccc34)c2cc1Br. The van der Waals surface area contributed by atoms with Gasteiger partial charge in [0.05, 0.1) is 0 Å². The van der Waals surface area contributed by atoms with E-state index in [4.69, 9.17) is 0 Å². The number of rotatable bonds is 2. The van der Waals surface area contributed by atoms with Crippen LogP contribution in [-0.2, 0) is 0 Å². The first-order valence-corrected chi connectivity index (χ1v) is 13.6. The zero-order chi connectivity index (χ0) is 24.2. The molecular weight excluding hydrogens is 568 g/mol. The van der Waals surface area contributed by atoms with E-state index in [1.54, 1.807) is 0 Å². The van der Waals surface area contributed by atoms with Crippen molar-refractivity contribution in [2.24, 2.45) is 0 Å². The van der Waals surface area contributed by atoms with Crippen LogP contribution in [0.25, 0.3) is 65.3 Å². The third kappa shape index (κ3) is 3.32. The van der Waals surface area contributed by atoms with E-state index in [9.17, 15) is 0 Å². The highest BCUT2D eigenvalue weighted by atomic mass is 79.9. The minimum absolute atomic E-state index is 1.05. The van der Waals surface area contributed by atoms with Crippen LogP contribution in [0.15, 0.2) is 130 Å². The first kappa shape index (κ1) is 21.8. The number of fused-ring (bicyclic) bond motifs is 4. The van der Waals surface area contributed by atoms with Crippen molar-refractivity contribution in [2.75, 3.05) is 0 Å². The van der Waals surface area contributed by atoms with Crippen molar-refractivity contribution in [1.29, 1.82) is 0 Å². The molecule has 2 heteroatoms. The predicted molar refractivity (Wildman–Crippen MR) is 163 cm³/mol. The minimum Gasteiger partial charge on any atom is -0.0616 e. The highest BCUT2D eigenvalue weighted by Gasteiger charge is 2.20. The first-order chi connectivity index (χ1) is 17.7. The Morgan fingerprint density at radius 1 is 0.333 bits per heavy atom. The van der Waals surface area contributed by atoms with Gasteiger partial charge in [-0.25, -0.2) is 0 Å². The van der Waals surface area contributed by atoms with E-state index < -0.39 is 0 Å². The summed E-state index contributed by atoms with van der Waals surface area (Å²) >= 11 is 7.62. The molecule has 7 aromatic carbocycles. The molecule has 0 N–H and O–H groups in total. The van der Waals surface area contributed by atoms with E-state index in [0.29, 0.717) is 0 Å². The Hall–Kier alpha value is -3.46. The second-order valence-corrected chi connectivity index (χ2v) is 10.9. The van der Waals surface area contributed by atoms with Gasteiger partial charge in [0.15, 0.2) is 0 Å². The Labute approximate surface area is 226 Å². The number of hydrogen-bond acceptors (Lipinski definition) is 0. The molecule has 0 radical (unpaired) electrons.